The highest BCUT2D eigenvalue weighted by atomic mass is 79.9. The van der Waals surface area contributed by atoms with Gasteiger partial charge in [0.1, 0.15) is 11.5 Å². The van der Waals surface area contributed by atoms with E-state index in [1.54, 1.807) is 12.1 Å². The third-order valence-electron chi connectivity index (χ3n) is 3.67. The quantitative estimate of drug-likeness (QED) is 0.396. The number of hydrogen-bond acceptors (Lipinski definition) is 4. The zero-order valence-corrected chi connectivity index (χ0v) is 18.7. The molecule has 0 radical (unpaired) electrons. The molecule has 28 heavy (non-hydrogen) atoms. The number of benzene rings is 2. The predicted molar refractivity (Wildman–Crippen MR) is 120 cm³/mol. The molecule has 0 aromatic heterocycles. The molecule has 0 bridgehead atoms. The maximum Gasteiger partial charge on any atom is 0.261 e. The molecule has 0 atom stereocenters. The topological polar surface area (TPSA) is 59.6 Å². The lowest BCUT2D eigenvalue weighted by Crippen LogP contribution is -2.34. The lowest BCUT2D eigenvalue weighted by molar-refractivity contribution is 0.0973. The largest absolute Gasteiger partial charge is 0.493 e. The van der Waals surface area contributed by atoms with E-state index in [4.69, 9.17) is 21.7 Å². The number of unbranched alkanes of at least 4 members (excludes halogenated alkanes) is 1. The highest BCUT2D eigenvalue weighted by molar-refractivity contribution is 9.10. The minimum atomic E-state index is -0.340. The molecular weight excluding hydrogens is 440 g/mol. The van der Waals surface area contributed by atoms with Crippen molar-refractivity contribution >= 4 is 44.9 Å². The first-order chi connectivity index (χ1) is 13.4. The van der Waals surface area contributed by atoms with E-state index in [1.165, 1.54) is 0 Å². The van der Waals surface area contributed by atoms with E-state index in [9.17, 15) is 4.79 Å². The Balaban J connectivity index is 2.09. The van der Waals surface area contributed by atoms with Gasteiger partial charge in [-0.25, -0.2) is 0 Å². The van der Waals surface area contributed by atoms with E-state index in [1.807, 2.05) is 44.2 Å². The predicted octanol–water partition coefficient (Wildman–Crippen LogP) is 5.54. The summed E-state index contributed by atoms with van der Waals surface area (Å²) in [6, 6.07) is 12.8. The number of hydrogen-bond donors (Lipinski definition) is 2. The smallest absolute Gasteiger partial charge is 0.261 e. The number of carbonyl (C=O) groups excluding carboxylic acids is 1. The maximum atomic E-state index is 12.7. The minimum Gasteiger partial charge on any atom is -0.493 e. The SMILES string of the molecule is CCCCOc1ccc(Br)cc1C(=O)NC(=S)Nc1ccccc1OC(C)C. The van der Waals surface area contributed by atoms with Gasteiger partial charge in [0.25, 0.3) is 5.91 Å². The number of nitrogens with one attached hydrogen (secondary N) is 2. The second kappa shape index (κ2) is 11.0. The molecule has 7 heteroatoms. The zero-order chi connectivity index (χ0) is 20.5. The Bertz CT molecular complexity index is 827. The van der Waals surface area contributed by atoms with Crippen LogP contribution in [0.3, 0.4) is 0 Å². The third-order valence-corrected chi connectivity index (χ3v) is 4.36. The van der Waals surface area contributed by atoms with Gasteiger partial charge in [-0.1, -0.05) is 41.4 Å². The van der Waals surface area contributed by atoms with E-state index in [0.29, 0.717) is 29.4 Å². The summed E-state index contributed by atoms with van der Waals surface area (Å²) in [5.74, 6) is 0.855. The van der Waals surface area contributed by atoms with Gasteiger partial charge in [0.2, 0.25) is 0 Å². The normalized spacial score (nSPS) is 10.5. The molecule has 5 nitrogen and oxygen atoms in total. The van der Waals surface area contributed by atoms with Crippen molar-refractivity contribution in [3.63, 3.8) is 0 Å². The monoisotopic (exact) mass is 464 g/mol. The first-order valence-electron chi connectivity index (χ1n) is 9.21. The molecule has 2 aromatic rings. The average molecular weight is 465 g/mol. The van der Waals surface area contributed by atoms with Gasteiger partial charge in [-0.3, -0.25) is 10.1 Å². The fraction of sp³-hybridized carbons (Fsp3) is 0.333. The number of amides is 1. The number of halogens is 1. The number of thiocarbonyl (C=S) groups is 1. The molecule has 2 aromatic carbocycles. The summed E-state index contributed by atoms with van der Waals surface area (Å²) in [7, 11) is 0. The second-order valence-corrected chi connectivity index (χ2v) is 7.74. The van der Waals surface area contributed by atoms with Crippen LogP contribution in [0.2, 0.25) is 0 Å². The zero-order valence-electron chi connectivity index (χ0n) is 16.3. The lowest BCUT2D eigenvalue weighted by atomic mass is 10.2. The standard InChI is InChI=1S/C21H25BrN2O3S/c1-4-5-12-26-18-11-10-15(22)13-16(18)20(25)24-21(28)23-17-8-6-7-9-19(17)27-14(2)3/h6-11,13-14H,4-5,12H2,1-3H3,(H2,23,24,25,28). The van der Waals surface area contributed by atoms with Crippen molar-refractivity contribution < 1.29 is 14.3 Å². The molecule has 0 aliphatic heterocycles. The van der Waals surface area contributed by atoms with Crippen LogP contribution in [0.15, 0.2) is 46.9 Å². The Morgan fingerprint density at radius 2 is 1.93 bits per heavy atom. The molecule has 0 fully saturated rings. The van der Waals surface area contributed by atoms with Crippen LogP contribution in [-0.2, 0) is 0 Å². The molecule has 150 valence electrons. The van der Waals surface area contributed by atoms with Crippen molar-refractivity contribution in [1.29, 1.82) is 0 Å². The van der Waals surface area contributed by atoms with Crippen LogP contribution < -0.4 is 20.1 Å². The lowest BCUT2D eigenvalue weighted by Gasteiger charge is -2.17. The summed E-state index contributed by atoms with van der Waals surface area (Å²) in [4.78, 5) is 12.7. The van der Waals surface area contributed by atoms with Crippen LogP contribution in [-0.4, -0.2) is 23.7 Å². The summed E-state index contributed by atoms with van der Waals surface area (Å²) in [5.41, 5.74) is 1.11. The highest BCUT2D eigenvalue weighted by Gasteiger charge is 2.16. The number of anilines is 1. The highest BCUT2D eigenvalue weighted by Crippen LogP contribution is 2.26. The summed E-state index contributed by atoms with van der Waals surface area (Å²) in [6.07, 6.45) is 1.96. The van der Waals surface area contributed by atoms with Crippen molar-refractivity contribution in [2.45, 2.75) is 39.7 Å². The third kappa shape index (κ3) is 6.80. The average Bonchev–Trinajstić information content (AvgIpc) is 2.64. The van der Waals surface area contributed by atoms with Crippen LogP contribution in [0.25, 0.3) is 0 Å². The van der Waals surface area contributed by atoms with E-state index >= 15 is 0 Å². The van der Waals surface area contributed by atoms with Crippen molar-refractivity contribution in [3.05, 3.63) is 52.5 Å². The van der Waals surface area contributed by atoms with Crippen molar-refractivity contribution in [2.75, 3.05) is 11.9 Å². The molecule has 0 heterocycles. The Labute approximate surface area is 179 Å². The minimum absolute atomic E-state index is 0.0237. The molecule has 2 N–H and O–H groups in total. The number of ether oxygens (including phenoxy) is 2. The van der Waals surface area contributed by atoms with Gasteiger partial charge in [-0.05, 0) is 62.8 Å². The number of para-hydroxylation sites is 2. The number of rotatable bonds is 8. The van der Waals surface area contributed by atoms with Crippen LogP contribution in [0.5, 0.6) is 11.5 Å². The van der Waals surface area contributed by atoms with Crippen LogP contribution in [0.1, 0.15) is 44.0 Å². The first-order valence-corrected chi connectivity index (χ1v) is 10.4. The van der Waals surface area contributed by atoms with E-state index < -0.39 is 0 Å². The van der Waals surface area contributed by atoms with Crippen LogP contribution in [0, 0.1) is 0 Å². The molecular formula is C21H25BrN2O3S. The van der Waals surface area contributed by atoms with Crippen molar-refractivity contribution in [2.24, 2.45) is 0 Å². The molecule has 0 aliphatic carbocycles. The van der Waals surface area contributed by atoms with E-state index in [0.717, 1.165) is 17.3 Å². The van der Waals surface area contributed by atoms with Gasteiger partial charge in [0.05, 0.1) is 24.0 Å². The van der Waals surface area contributed by atoms with Gasteiger partial charge >= 0.3 is 0 Å². The van der Waals surface area contributed by atoms with Gasteiger partial charge in [0.15, 0.2) is 5.11 Å². The summed E-state index contributed by atoms with van der Waals surface area (Å²) < 4.78 is 12.3. The summed E-state index contributed by atoms with van der Waals surface area (Å²) >= 11 is 8.71. The van der Waals surface area contributed by atoms with Crippen LogP contribution in [0.4, 0.5) is 5.69 Å². The molecule has 2 rings (SSSR count). The van der Waals surface area contributed by atoms with Gasteiger partial charge < -0.3 is 14.8 Å². The van der Waals surface area contributed by atoms with Gasteiger partial charge in [-0.2, -0.15) is 0 Å². The number of carbonyl (C=O) groups is 1. The fourth-order valence-electron chi connectivity index (χ4n) is 2.38. The molecule has 0 spiro atoms. The molecule has 0 aliphatic rings. The Morgan fingerprint density at radius 3 is 2.64 bits per heavy atom. The van der Waals surface area contributed by atoms with E-state index in [-0.39, 0.29) is 17.1 Å². The molecule has 1 amide bonds. The second-order valence-electron chi connectivity index (χ2n) is 6.41. The summed E-state index contributed by atoms with van der Waals surface area (Å²) in [5, 5.41) is 5.92. The van der Waals surface area contributed by atoms with E-state index in [2.05, 4.69) is 33.5 Å². The maximum absolute atomic E-state index is 12.7. The Kier molecular flexibility index (Phi) is 8.73. The fourth-order valence-corrected chi connectivity index (χ4v) is 2.95. The van der Waals surface area contributed by atoms with Crippen molar-refractivity contribution in [3.8, 4) is 11.5 Å². The Morgan fingerprint density at radius 1 is 1.18 bits per heavy atom. The first kappa shape index (κ1) is 22.2. The summed E-state index contributed by atoms with van der Waals surface area (Å²) in [6.45, 7) is 6.54. The van der Waals surface area contributed by atoms with Crippen molar-refractivity contribution in [1.82, 2.24) is 5.32 Å². The molecule has 0 saturated heterocycles. The van der Waals surface area contributed by atoms with Gasteiger partial charge in [-0.15, -0.1) is 0 Å². The Hall–Kier alpha value is -2.12. The van der Waals surface area contributed by atoms with Crippen LogP contribution >= 0.6 is 28.1 Å². The molecule has 0 saturated carbocycles. The van der Waals surface area contributed by atoms with Gasteiger partial charge in [0, 0.05) is 4.47 Å². The molecule has 0 unspecified atom stereocenters.